The molecule has 1 aliphatic rings. The van der Waals surface area contributed by atoms with Crippen LogP contribution in [0.1, 0.15) is 31.2 Å². The molecule has 0 radical (unpaired) electrons. The van der Waals surface area contributed by atoms with E-state index in [0.29, 0.717) is 12.5 Å². The van der Waals surface area contributed by atoms with E-state index in [9.17, 15) is 0 Å². The summed E-state index contributed by atoms with van der Waals surface area (Å²) in [6.07, 6.45) is 4.15. The number of hydrogen-bond donors (Lipinski definition) is 2. The van der Waals surface area contributed by atoms with Crippen molar-refractivity contribution in [3.8, 4) is 5.75 Å². The molecule has 0 saturated carbocycles. The van der Waals surface area contributed by atoms with Crippen molar-refractivity contribution >= 4 is 5.96 Å². The molecule has 6 nitrogen and oxygen atoms in total. The van der Waals surface area contributed by atoms with Crippen LogP contribution in [0, 0.1) is 12.8 Å². The van der Waals surface area contributed by atoms with Crippen LogP contribution in [0.15, 0.2) is 29.3 Å². The number of guanidine groups is 1. The highest BCUT2D eigenvalue weighted by Crippen LogP contribution is 2.14. The smallest absolute Gasteiger partial charge is 0.190 e. The van der Waals surface area contributed by atoms with E-state index in [-0.39, 0.29) is 0 Å². The monoisotopic (exact) mass is 377 g/mol. The van der Waals surface area contributed by atoms with E-state index in [1.54, 1.807) is 7.05 Å². The standard InChI is InChI=1S/C21H35N3O3/c1-18-5-7-20(8-6-18)27-14-4-12-24-21(22-2)23-11-3-13-26-17-19-9-15-25-16-10-19/h5-8,19H,3-4,9-17H2,1-2H3,(H2,22,23,24). The normalized spacial score (nSPS) is 15.6. The number of benzene rings is 1. The zero-order valence-electron chi connectivity index (χ0n) is 16.8. The van der Waals surface area contributed by atoms with Crippen molar-refractivity contribution in [2.75, 3.05) is 53.2 Å². The van der Waals surface area contributed by atoms with Crippen molar-refractivity contribution in [2.45, 2.75) is 32.6 Å². The lowest BCUT2D eigenvalue weighted by Crippen LogP contribution is -2.38. The molecule has 1 fully saturated rings. The Kier molecular flexibility index (Phi) is 10.7. The third-order valence-electron chi connectivity index (χ3n) is 4.58. The van der Waals surface area contributed by atoms with Crippen molar-refractivity contribution in [3.05, 3.63) is 29.8 Å². The van der Waals surface area contributed by atoms with Crippen molar-refractivity contribution < 1.29 is 14.2 Å². The number of aliphatic imine (C=N–C) groups is 1. The Labute approximate surface area is 163 Å². The maximum absolute atomic E-state index is 5.78. The molecule has 1 aromatic carbocycles. The SMILES string of the molecule is CN=C(NCCCOCC1CCOCC1)NCCCOc1ccc(C)cc1. The minimum absolute atomic E-state index is 0.670. The van der Waals surface area contributed by atoms with E-state index < -0.39 is 0 Å². The molecule has 1 aliphatic heterocycles. The lowest BCUT2D eigenvalue weighted by Gasteiger charge is -2.21. The lowest BCUT2D eigenvalue weighted by molar-refractivity contribution is 0.0203. The quantitative estimate of drug-likeness (QED) is 0.353. The first-order chi connectivity index (χ1) is 13.3. The second kappa shape index (κ2) is 13.4. The van der Waals surface area contributed by atoms with Crippen LogP contribution in [0.25, 0.3) is 0 Å². The molecular weight excluding hydrogens is 342 g/mol. The Hall–Kier alpha value is -1.79. The van der Waals surface area contributed by atoms with Gasteiger partial charge in [-0.15, -0.1) is 0 Å². The molecule has 0 atom stereocenters. The molecule has 0 aliphatic carbocycles. The van der Waals surface area contributed by atoms with Gasteiger partial charge in [-0.1, -0.05) is 17.7 Å². The summed E-state index contributed by atoms with van der Waals surface area (Å²) in [4.78, 5) is 4.24. The number of rotatable bonds is 11. The molecule has 152 valence electrons. The van der Waals surface area contributed by atoms with Crippen LogP contribution in [0.4, 0.5) is 0 Å². The highest BCUT2D eigenvalue weighted by molar-refractivity contribution is 5.79. The predicted octanol–water partition coefficient (Wildman–Crippen LogP) is 2.76. The van der Waals surface area contributed by atoms with Crippen molar-refractivity contribution in [1.29, 1.82) is 0 Å². The minimum Gasteiger partial charge on any atom is -0.494 e. The van der Waals surface area contributed by atoms with Gasteiger partial charge >= 0.3 is 0 Å². The Morgan fingerprint density at radius 1 is 1.07 bits per heavy atom. The van der Waals surface area contributed by atoms with E-state index in [4.69, 9.17) is 14.2 Å². The van der Waals surface area contributed by atoms with Crippen LogP contribution in [-0.4, -0.2) is 59.1 Å². The van der Waals surface area contributed by atoms with E-state index in [1.165, 1.54) is 5.56 Å². The van der Waals surface area contributed by atoms with Gasteiger partial charge in [0.2, 0.25) is 0 Å². The van der Waals surface area contributed by atoms with Gasteiger partial charge in [0.05, 0.1) is 6.61 Å². The van der Waals surface area contributed by atoms with Gasteiger partial charge < -0.3 is 24.8 Å². The van der Waals surface area contributed by atoms with Crippen LogP contribution in [0.3, 0.4) is 0 Å². The predicted molar refractivity (Wildman–Crippen MR) is 110 cm³/mol. The molecule has 1 saturated heterocycles. The largest absolute Gasteiger partial charge is 0.494 e. The van der Waals surface area contributed by atoms with Crippen LogP contribution in [0.2, 0.25) is 0 Å². The molecule has 2 N–H and O–H groups in total. The third-order valence-corrected chi connectivity index (χ3v) is 4.58. The minimum atomic E-state index is 0.670. The van der Waals surface area contributed by atoms with Crippen LogP contribution in [0.5, 0.6) is 5.75 Å². The van der Waals surface area contributed by atoms with Crippen LogP contribution >= 0.6 is 0 Å². The first kappa shape index (κ1) is 21.5. The number of nitrogens with zero attached hydrogens (tertiary/aromatic N) is 1. The van der Waals surface area contributed by atoms with E-state index in [0.717, 1.165) is 76.9 Å². The zero-order chi connectivity index (χ0) is 19.2. The van der Waals surface area contributed by atoms with Crippen LogP contribution in [-0.2, 0) is 9.47 Å². The van der Waals surface area contributed by atoms with Gasteiger partial charge in [0.15, 0.2) is 5.96 Å². The maximum atomic E-state index is 5.78. The van der Waals surface area contributed by atoms with Gasteiger partial charge in [0, 0.05) is 46.6 Å². The number of nitrogens with one attached hydrogen (secondary N) is 2. The summed E-state index contributed by atoms with van der Waals surface area (Å²) >= 11 is 0. The fraction of sp³-hybridized carbons (Fsp3) is 0.667. The Morgan fingerprint density at radius 2 is 1.74 bits per heavy atom. The van der Waals surface area contributed by atoms with E-state index >= 15 is 0 Å². The van der Waals surface area contributed by atoms with Gasteiger partial charge in [0.1, 0.15) is 5.75 Å². The Morgan fingerprint density at radius 3 is 2.41 bits per heavy atom. The van der Waals surface area contributed by atoms with Crippen molar-refractivity contribution in [1.82, 2.24) is 10.6 Å². The molecule has 6 heteroatoms. The molecule has 1 aromatic rings. The maximum Gasteiger partial charge on any atom is 0.190 e. The zero-order valence-corrected chi connectivity index (χ0v) is 16.8. The van der Waals surface area contributed by atoms with Gasteiger partial charge in [-0.2, -0.15) is 0 Å². The molecule has 27 heavy (non-hydrogen) atoms. The summed E-state index contributed by atoms with van der Waals surface area (Å²) in [5, 5.41) is 6.63. The molecule has 2 rings (SSSR count). The summed E-state index contributed by atoms with van der Waals surface area (Å²) in [5.41, 5.74) is 1.24. The van der Waals surface area contributed by atoms with Crippen molar-refractivity contribution in [2.24, 2.45) is 10.9 Å². The third kappa shape index (κ3) is 9.63. The molecule has 0 aromatic heterocycles. The fourth-order valence-electron chi connectivity index (χ4n) is 2.87. The molecule has 0 spiro atoms. The van der Waals surface area contributed by atoms with Gasteiger partial charge in [-0.05, 0) is 50.7 Å². The summed E-state index contributed by atoms with van der Waals surface area (Å²) in [6.45, 7) is 7.85. The van der Waals surface area contributed by atoms with E-state index in [2.05, 4.69) is 34.7 Å². The highest BCUT2D eigenvalue weighted by Gasteiger charge is 2.13. The summed E-state index contributed by atoms with van der Waals surface area (Å²) in [6, 6.07) is 8.14. The second-order valence-electron chi connectivity index (χ2n) is 6.93. The van der Waals surface area contributed by atoms with E-state index in [1.807, 2.05) is 12.1 Å². The topological polar surface area (TPSA) is 64.1 Å². The Bertz CT molecular complexity index is 528. The van der Waals surface area contributed by atoms with Crippen LogP contribution < -0.4 is 15.4 Å². The average Bonchev–Trinajstić information content (AvgIpc) is 2.71. The van der Waals surface area contributed by atoms with Gasteiger partial charge in [0.25, 0.3) is 0 Å². The molecule has 1 heterocycles. The number of ether oxygens (including phenoxy) is 3. The molecule has 0 unspecified atom stereocenters. The molecule has 0 bridgehead atoms. The average molecular weight is 378 g/mol. The fourth-order valence-corrected chi connectivity index (χ4v) is 2.87. The van der Waals surface area contributed by atoms with Crippen molar-refractivity contribution in [3.63, 3.8) is 0 Å². The lowest BCUT2D eigenvalue weighted by atomic mass is 10.0. The summed E-state index contributed by atoms with van der Waals surface area (Å²) in [5.74, 6) is 2.42. The molecular formula is C21H35N3O3. The molecule has 0 amide bonds. The first-order valence-electron chi connectivity index (χ1n) is 10.1. The number of aryl methyl sites for hydroxylation is 1. The second-order valence-corrected chi connectivity index (χ2v) is 6.93. The Balaban J connectivity index is 1.43. The van der Waals surface area contributed by atoms with Gasteiger partial charge in [-0.3, -0.25) is 4.99 Å². The number of hydrogen-bond acceptors (Lipinski definition) is 4. The van der Waals surface area contributed by atoms with Gasteiger partial charge in [-0.25, -0.2) is 0 Å². The highest BCUT2D eigenvalue weighted by atomic mass is 16.5. The summed E-state index contributed by atoms with van der Waals surface area (Å²) in [7, 11) is 1.79. The summed E-state index contributed by atoms with van der Waals surface area (Å²) < 4.78 is 16.9. The first-order valence-corrected chi connectivity index (χ1v) is 10.1.